The maximum atomic E-state index is 13.2. The summed E-state index contributed by atoms with van der Waals surface area (Å²) in [6.07, 6.45) is 11.8. The van der Waals surface area contributed by atoms with Crippen molar-refractivity contribution in [2.75, 3.05) is 13.1 Å². The van der Waals surface area contributed by atoms with Gasteiger partial charge in [0.15, 0.2) is 0 Å². The van der Waals surface area contributed by atoms with Crippen molar-refractivity contribution in [1.82, 2.24) is 19.7 Å². The Hall–Kier alpha value is -1.67. The Balaban J connectivity index is 1.02. The second-order valence-electron chi connectivity index (χ2n) is 10.5. The highest BCUT2D eigenvalue weighted by atomic mass is 32.1. The van der Waals surface area contributed by atoms with Gasteiger partial charge in [-0.2, -0.15) is 5.10 Å². The van der Waals surface area contributed by atoms with Gasteiger partial charge < -0.3 is 0 Å². The van der Waals surface area contributed by atoms with Gasteiger partial charge in [0.25, 0.3) is 0 Å². The number of hydrogen-bond acceptors (Lipinski definition) is 5. The highest BCUT2D eigenvalue weighted by Gasteiger charge is 2.47. The normalized spacial score (nSPS) is 25.5. The van der Waals surface area contributed by atoms with E-state index in [1.165, 1.54) is 24.1 Å². The predicted molar refractivity (Wildman–Crippen MR) is 125 cm³/mol. The summed E-state index contributed by atoms with van der Waals surface area (Å²) in [7, 11) is 1.88. The maximum Gasteiger partial charge on any atom is 0.249 e. The van der Waals surface area contributed by atoms with E-state index in [4.69, 9.17) is 4.98 Å². The number of fused-ring (bicyclic) bond motifs is 1. The number of carbonyl (C=O) groups is 1. The Kier molecular flexibility index (Phi) is 6.67. The van der Waals surface area contributed by atoms with E-state index in [0.29, 0.717) is 24.5 Å². The first-order valence-corrected chi connectivity index (χ1v) is 13.2. The molecule has 0 unspecified atom stereocenters. The fourth-order valence-electron chi connectivity index (χ4n) is 5.75. The molecule has 5 rings (SSSR count). The summed E-state index contributed by atoms with van der Waals surface area (Å²) in [6.45, 7) is 3.00. The third-order valence-electron chi connectivity index (χ3n) is 7.76. The minimum absolute atomic E-state index is 0.0269. The Labute approximate surface area is 198 Å². The molecule has 2 fully saturated rings. The molecular formula is C25H34F2N4OS. The number of rotatable bonds is 8. The predicted octanol–water partition coefficient (Wildman–Crippen LogP) is 5.15. The summed E-state index contributed by atoms with van der Waals surface area (Å²) < 4.78 is 28.2. The SMILES string of the molecule is Cn1cc(CC(=O)CC2CCC(CCN3CCc4sc(C5CC(F)(F)C5)nc4C3)CC2)cn1. The first-order valence-electron chi connectivity index (χ1n) is 12.4. The molecule has 180 valence electrons. The second-order valence-corrected chi connectivity index (χ2v) is 11.6. The van der Waals surface area contributed by atoms with E-state index in [1.807, 2.05) is 13.2 Å². The number of alkyl halides is 2. The minimum Gasteiger partial charge on any atom is -0.299 e. The second kappa shape index (κ2) is 9.53. The van der Waals surface area contributed by atoms with Crippen LogP contribution in [0.2, 0.25) is 0 Å². The highest BCUT2D eigenvalue weighted by Crippen LogP contribution is 2.49. The molecule has 3 heterocycles. The maximum absolute atomic E-state index is 13.2. The van der Waals surface area contributed by atoms with E-state index >= 15 is 0 Å². The molecule has 0 amide bonds. The van der Waals surface area contributed by atoms with Crippen LogP contribution in [0.25, 0.3) is 0 Å². The largest absolute Gasteiger partial charge is 0.299 e. The molecule has 2 aromatic rings. The number of aromatic nitrogens is 3. The van der Waals surface area contributed by atoms with Gasteiger partial charge in [-0.3, -0.25) is 14.4 Å². The van der Waals surface area contributed by atoms with Crippen molar-refractivity contribution in [1.29, 1.82) is 0 Å². The molecule has 2 aromatic heterocycles. The zero-order chi connectivity index (χ0) is 23.0. The molecular weight excluding hydrogens is 442 g/mol. The summed E-state index contributed by atoms with van der Waals surface area (Å²) in [4.78, 5) is 21.0. The van der Waals surface area contributed by atoms with Gasteiger partial charge in [0.05, 0.1) is 16.9 Å². The number of halogens is 2. The first-order chi connectivity index (χ1) is 15.8. The Bertz CT molecular complexity index is 971. The quantitative estimate of drug-likeness (QED) is 0.529. The van der Waals surface area contributed by atoms with Crippen LogP contribution in [0.4, 0.5) is 8.78 Å². The van der Waals surface area contributed by atoms with Crippen LogP contribution < -0.4 is 0 Å². The number of nitrogens with zero attached hydrogens (tertiary/aromatic N) is 4. The summed E-state index contributed by atoms with van der Waals surface area (Å²) >= 11 is 1.67. The summed E-state index contributed by atoms with van der Waals surface area (Å²) in [5, 5.41) is 5.08. The van der Waals surface area contributed by atoms with Crippen LogP contribution in [0.15, 0.2) is 12.4 Å². The lowest BCUT2D eigenvalue weighted by molar-refractivity contribution is -0.119. The van der Waals surface area contributed by atoms with Crippen molar-refractivity contribution in [3.8, 4) is 0 Å². The van der Waals surface area contributed by atoms with Gasteiger partial charge in [-0.05, 0) is 49.6 Å². The van der Waals surface area contributed by atoms with Crippen LogP contribution in [0.5, 0.6) is 0 Å². The standard InChI is InChI=1S/C25H34F2N4OS/c1-30-15-19(14-28-30)11-21(32)10-18-4-2-17(3-5-18)6-8-31-9-7-23-22(16-31)29-24(33-23)20-12-25(26,27)13-20/h14-15,17-18,20H,2-13,16H2,1H3. The fourth-order valence-corrected chi connectivity index (χ4v) is 6.91. The number of carbonyl (C=O) groups excluding carboxylic acids is 1. The molecule has 2 saturated carbocycles. The lowest BCUT2D eigenvalue weighted by Crippen LogP contribution is -2.33. The summed E-state index contributed by atoms with van der Waals surface area (Å²) in [6, 6.07) is 0. The van der Waals surface area contributed by atoms with Crippen LogP contribution in [0.3, 0.4) is 0 Å². The summed E-state index contributed by atoms with van der Waals surface area (Å²) in [5.41, 5.74) is 2.14. The molecule has 8 heteroatoms. The van der Waals surface area contributed by atoms with E-state index in [0.717, 1.165) is 61.1 Å². The van der Waals surface area contributed by atoms with Gasteiger partial charge in [-0.1, -0.05) is 12.8 Å². The van der Waals surface area contributed by atoms with E-state index < -0.39 is 5.92 Å². The molecule has 0 atom stereocenters. The first kappa shape index (κ1) is 23.1. The van der Waals surface area contributed by atoms with Gasteiger partial charge in [0, 0.05) is 62.8 Å². The van der Waals surface area contributed by atoms with Crippen molar-refractivity contribution in [3.63, 3.8) is 0 Å². The Morgan fingerprint density at radius 2 is 1.97 bits per heavy atom. The number of hydrogen-bond donors (Lipinski definition) is 0. The van der Waals surface area contributed by atoms with Crippen molar-refractivity contribution < 1.29 is 13.6 Å². The van der Waals surface area contributed by atoms with E-state index in [-0.39, 0.29) is 18.8 Å². The molecule has 33 heavy (non-hydrogen) atoms. The lowest BCUT2D eigenvalue weighted by Gasteiger charge is -2.33. The van der Waals surface area contributed by atoms with E-state index in [2.05, 4.69) is 10.00 Å². The zero-order valence-electron chi connectivity index (χ0n) is 19.4. The van der Waals surface area contributed by atoms with Crippen LogP contribution in [0, 0.1) is 11.8 Å². The smallest absolute Gasteiger partial charge is 0.249 e. The molecule has 0 spiro atoms. The number of Topliss-reactive ketones (excluding diaryl/α,β-unsaturated/α-hetero) is 1. The monoisotopic (exact) mass is 476 g/mol. The molecule has 0 aromatic carbocycles. The van der Waals surface area contributed by atoms with Gasteiger partial charge in [-0.15, -0.1) is 11.3 Å². The number of thiazole rings is 1. The fraction of sp³-hybridized carbons (Fsp3) is 0.720. The van der Waals surface area contributed by atoms with Crippen LogP contribution in [0.1, 0.15) is 78.4 Å². The number of aryl methyl sites for hydroxylation is 1. The van der Waals surface area contributed by atoms with Gasteiger partial charge >= 0.3 is 0 Å². The minimum atomic E-state index is -2.48. The van der Waals surface area contributed by atoms with Crippen molar-refractivity contribution in [2.24, 2.45) is 18.9 Å². The van der Waals surface area contributed by atoms with Gasteiger partial charge in [0.2, 0.25) is 5.92 Å². The van der Waals surface area contributed by atoms with Gasteiger partial charge in [-0.25, -0.2) is 13.8 Å². The van der Waals surface area contributed by atoms with E-state index in [1.54, 1.807) is 22.2 Å². The van der Waals surface area contributed by atoms with Crippen molar-refractivity contribution in [2.45, 2.75) is 82.6 Å². The molecule has 0 radical (unpaired) electrons. The molecule has 1 aliphatic heterocycles. The van der Waals surface area contributed by atoms with Crippen LogP contribution >= 0.6 is 11.3 Å². The Morgan fingerprint density at radius 1 is 1.21 bits per heavy atom. The molecule has 0 N–H and O–H groups in total. The molecule has 5 nitrogen and oxygen atoms in total. The molecule has 0 bridgehead atoms. The number of ketones is 1. The average Bonchev–Trinajstić information content (AvgIpc) is 3.36. The van der Waals surface area contributed by atoms with Crippen molar-refractivity contribution >= 4 is 17.1 Å². The topological polar surface area (TPSA) is 51.0 Å². The Morgan fingerprint density at radius 3 is 2.67 bits per heavy atom. The third kappa shape index (κ3) is 5.70. The van der Waals surface area contributed by atoms with Crippen molar-refractivity contribution in [3.05, 3.63) is 33.5 Å². The summed E-state index contributed by atoms with van der Waals surface area (Å²) in [5.74, 6) is -0.886. The molecule has 3 aliphatic rings. The lowest BCUT2D eigenvalue weighted by atomic mass is 9.78. The van der Waals surface area contributed by atoms with E-state index in [9.17, 15) is 13.6 Å². The van der Waals surface area contributed by atoms with Crippen LogP contribution in [-0.2, 0) is 31.2 Å². The zero-order valence-corrected chi connectivity index (χ0v) is 20.3. The molecule has 0 saturated heterocycles. The highest BCUT2D eigenvalue weighted by molar-refractivity contribution is 7.11. The average molecular weight is 477 g/mol. The molecule has 2 aliphatic carbocycles. The van der Waals surface area contributed by atoms with Gasteiger partial charge in [0.1, 0.15) is 5.78 Å². The van der Waals surface area contributed by atoms with Crippen LogP contribution in [-0.4, -0.2) is 44.5 Å². The third-order valence-corrected chi connectivity index (χ3v) is 9.08.